The molecule has 1 atom stereocenters. The first-order chi connectivity index (χ1) is 16.7. The maximum atomic E-state index is 13.3. The van der Waals surface area contributed by atoms with Gasteiger partial charge in [-0.2, -0.15) is 0 Å². The van der Waals surface area contributed by atoms with Crippen LogP contribution in [0.4, 0.5) is 13.2 Å². The van der Waals surface area contributed by atoms with Crippen LogP contribution in [0.2, 0.25) is 0 Å². The second-order valence-electron chi connectivity index (χ2n) is 11.8. The third kappa shape index (κ3) is 7.24. The van der Waals surface area contributed by atoms with Crippen LogP contribution in [0.3, 0.4) is 0 Å². The number of rotatable bonds is 8. The normalized spacial score (nSPS) is 32.0. The van der Waals surface area contributed by atoms with Crippen molar-refractivity contribution < 1.29 is 17.9 Å². The van der Waals surface area contributed by atoms with Crippen molar-refractivity contribution in [1.29, 1.82) is 0 Å². The summed E-state index contributed by atoms with van der Waals surface area (Å²) in [6.45, 7) is 4.64. The molecule has 4 heteroatoms. The van der Waals surface area contributed by atoms with E-state index in [-0.39, 0.29) is 6.42 Å². The molecule has 194 valence electrons. The molecular weight excluding hydrogens is 445 g/mol. The van der Waals surface area contributed by atoms with Crippen LogP contribution in [0.15, 0.2) is 54.1 Å². The van der Waals surface area contributed by atoms with Gasteiger partial charge in [-0.25, -0.2) is 0 Å². The van der Waals surface area contributed by atoms with Gasteiger partial charge in [0.1, 0.15) is 5.60 Å². The fourth-order valence-corrected chi connectivity index (χ4v) is 6.90. The van der Waals surface area contributed by atoms with E-state index in [1.165, 1.54) is 63.4 Å². The standard InChI is InChI=1S/C31H43F3O/c1-23(2)7-6-8-24-11-13-25(14-12-24)26-15-17-27(18-16-26)28-19-21-30(22-20-28,35-31(32,33)34)29-9-4-3-5-10-29/h3-5,9-10,19-21,23-27H,6-8,11-18,22H2,1-2H3. The molecule has 0 spiro atoms. The van der Waals surface area contributed by atoms with E-state index in [1.54, 1.807) is 30.3 Å². The van der Waals surface area contributed by atoms with Gasteiger partial charge in [-0.15, -0.1) is 13.2 Å². The molecule has 0 aliphatic heterocycles. The van der Waals surface area contributed by atoms with E-state index >= 15 is 0 Å². The lowest BCUT2D eigenvalue weighted by atomic mass is 9.67. The Balaban J connectivity index is 1.28. The smallest absolute Gasteiger partial charge is 0.276 e. The minimum atomic E-state index is -4.68. The molecule has 1 unspecified atom stereocenters. The second kappa shape index (κ2) is 11.7. The third-order valence-corrected chi connectivity index (χ3v) is 8.94. The molecule has 0 heterocycles. The summed E-state index contributed by atoms with van der Waals surface area (Å²) in [6.07, 6.45) is 15.8. The van der Waals surface area contributed by atoms with Crippen LogP contribution in [-0.2, 0) is 10.3 Å². The van der Waals surface area contributed by atoms with Crippen LogP contribution >= 0.6 is 0 Å². The molecule has 0 N–H and O–H groups in total. The minimum Gasteiger partial charge on any atom is -0.276 e. The van der Waals surface area contributed by atoms with Crippen molar-refractivity contribution in [3.8, 4) is 0 Å². The zero-order valence-corrected chi connectivity index (χ0v) is 21.5. The zero-order chi connectivity index (χ0) is 24.9. The Morgan fingerprint density at radius 3 is 2.09 bits per heavy atom. The summed E-state index contributed by atoms with van der Waals surface area (Å²) in [5.41, 5.74) is 0.288. The van der Waals surface area contributed by atoms with Gasteiger partial charge >= 0.3 is 6.36 Å². The summed E-state index contributed by atoms with van der Waals surface area (Å²) >= 11 is 0. The SMILES string of the molecule is CC(C)CCCC1CCC(C2CCC(C3=CCC(OC(F)(F)F)(c4ccccc4)C=C3)CC2)CC1. The molecule has 0 aromatic heterocycles. The molecular formula is C31H43F3O. The van der Waals surface area contributed by atoms with E-state index in [0.29, 0.717) is 11.5 Å². The van der Waals surface area contributed by atoms with Gasteiger partial charge in [-0.3, -0.25) is 4.74 Å². The summed E-state index contributed by atoms with van der Waals surface area (Å²) in [5.74, 6) is 3.96. The average molecular weight is 489 g/mol. The fourth-order valence-electron chi connectivity index (χ4n) is 6.90. The highest BCUT2D eigenvalue weighted by atomic mass is 19.4. The quantitative estimate of drug-likeness (QED) is 0.354. The molecule has 0 radical (unpaired) electrons. The molecule has 2 saturated carbocycles. The highest BCUT2D eigenvalue weighted by Crippen LogP contribution is 2.46. The monoisotopic (exact) mass is 488 g/mol. The van der Waals surface area contributed by atoms with Gasteiger partial charge in [0.15, 0.2) is 0 Å². The van der Waals surface area contributed by atoms with Crippen LogP contribution < -0.4 is 0 Å². The molecule has 1 aromatic carbocycles. The maximum Gasteiger partial charge on any atom is 0.523 e. The molecule has 3 aliphatic carbocycles. The van der Waals surface area contributed by atoms with Crippen LogP contribution in [0.1, 0.15) is 96.5 Å². The Morgan fingerprint density at radius 2 is 1.54 bits per heavy atom. The van der Waals surface area contributed by atoms with Gasteiger partial charge in [0.05, 0.1) is 0 Å². The number of benzene rings is 1. The molecule has 0 bridgehead atoms. The van der Waals surface area contributed by atoms with E-state index in [4.69, 9.17) is 4.74 Å². The molecule has 2 fully saturated rings. The number of hydrogen-bond donors (Lipinski definition) is 0. The van der Waals surface area contributed by atoms with Crippen LogP contribution in [0.25, 0.3) is 0 Å². The molecule has 1 aromatic rings. The number of alkyl halides is 3. The summed E-state index contributed by atoms with van der Waals surface area (Å²) in [7, 11) is 0. The lowest BCUT2D eigenvalue weighted by Gasteiger charge is -2.39. The first kappa shape index (κ1) is 26.5. The van der Waals surface area contributed by atoms with Gasteiger partial charge in [0, 0.05) is 6.42 Å². The average Bonchev–Trinajstić information content (AvgIpc) is 2.84. The summed E-state index contributed by atoms with van der Waals surface area (Å²) in [5, 5.41) is 0. The Morgan fingerprint density at radius 1 is 0.914 bits per heavy atom. The second-order valence-corrected chi connectivity index (χ2v) is 11.8. The van der Waals surface area contributed by atoms with Gasteiger partial charge in [-0.1, -0.05) is 88.4 Å². The molecule has 35 heavy (non-hydrogen) atoms. The van der Waals surface area contributed by atoms with Crippen molar-refractivity contribution in [3.05, 3.63) is 59.7 Å². The van der Waals surface area contributed by atoms with Crippen LogP contribution in [0, 0.1) is 29.6 Å². The third-order valence-electron chi connectivity index (χ3n) is 8.94. The molecule has 0 saturated heterocycles. The first-order valence-corrected chi connectivity index (χ1v) is 14.0. The van der Waals surface area contributed by atoms with E-state index in [9.17, 15) is 13.2 Å². The number of ether oxygens (including phenoxy) is 1. The number of allylic oxidation sites excluding steroid dienone is 2. The maximum absolute atomic E-state index is 13.3. The fraction of sp³-hybridized carbons (Fsp3) is 0.677. The summed E-state index contributed by atoms with van der Waals surface area (Å²) < 4.78 is 44.5. The highest BCUT2D eigenvalue weighted by molar-refractivity contribution is 5.37. The topological polar surface area (TPSA) is 9.23 Å². The van der Waals surface area contributed by atoms with Crippen molar-refractivity contribution in [2.24, 2.45) is 29.6 Å². The zero-order valence-electron chi connectivity index (χ0n) is 21.5. The van der Waals surface area contributed by atoms with Crippen molar-refractivity contribution in [3.63, 3.8) is 0 Å². The van der Waals surface area contributed by atoms with Gasteiger partial charge in [0.25, 0.3) is 0 Å². The van der Waals surface area contributed by atoms with Crippen LogP contribution in [-0.4, -0.2) is 6.36 Å². The summed E-state index contributed by atoms with van der Waals surface area (Å²) in [4.78, 5) is 0. The first-order valence-electron chi connectivity index (χ1n) is 14.0. The Labute approximate surface area is 210 Å². The highest BCUT2D eigenvalue weighted by Gasteiger charge is 2.44. The summed E-state index contributed by atoms with van der Waals surface area (Å²) in [6, 6.07) is 8.79. The van der Waals surface area contributed by atoms with Crippen molar-refractivity contribution in [2.75, 3.05) is 0 Å². The number of halogens is 3. The van der Waals surface area contributed by atoms with E-state index in [1.807, 2.05) is 18.2 Å². The van der Waals surface area contributed by atoms with E-state index < -0.39 is 12.0 Å². The molecule has 1 nitrogen and oxygen atoms in total. The molecule has 3 aliphatic rings. The lowest BCUT2D eigenvalue weighted by Crippen LogP contribution is -2.35. The molecule has 0 amide bonds. The largest absolute Gasteiger partial charge is 0.523 e. The van der Waals surface area contributed by atoms with Crippen molar-refractivity contribution >= 4 is 0 Å². The Kier molecular flexibility index (Phi) is 8.84. The van der Waals surface area contributed by atoms with Crippen molar-refractivity contribution in [2.45, 2.75) is 103 Å². The van der Waals surface area contributed by atoms with Crippen LogP contribution in [0.5, 0.6) is 0 Å². The van der Waals surface area contributed by atoms with E-state index in [0.717, 1.165) is 36.5 Å². The predicted molar refractivity (Wildman–Crippen MR) is 137 cm³/mol. The minimum absolute atomic E-state index is 0.225. The van der Waals surface area contributed by atoms with E-state index in [2.05, 4.69) is 13.8 Å². The Hall–Kier alpha value is -1.55. The van der Waals surface area contributed by atoms with Crippen molar-refractivity contribution in [1.82, 2.24) is 0 Å². The Bertz CT molecular complexity index is 840. The van der Waals surface area contributed by atoms with Gasteiger partial charge < -0.3 is 0 Å². The lowest BCUT2D eigenvalue weighted by molar-refractivity contribution is -0.361. The predicted octanol–water partition coefficient (Wildman–Crippen LogP) is 9.74. The van der Waals surface area contributed by atoms with Gasteiger partial charge in [0.2, 0.25) is 0 Å². The van der Waals surface area contributed by atoms with Gasteiger partial charge in [-0.05, 0) is 85.3 Å². The number of hydrogen-bond acceptors (Lipinski definition) is 1. The molecule has 4 rings (SSSR count).